The maximum absolute atomic E-state index is 13.1. The van der Waals surface area contributed by atoms with E-state index in [-0.39, 0.29) is 11.6 Å². The average Bonchev–Trinajstić information content (AvgIpc) is 3.07. The minimum atomic E-state index is 0.00853. The molecule has 1 aliphatic rings. The molecule has 26 heavy (non-hydrogen) atoms. The molecule has 0 amide bonds. The van der Waals surface area contributed by atoms with Gasteiger partial charge in [0.15, 0.2) is 0 Å². The molecule has 134 valence electrons. The Morgan fingerprint density at radius 3 is 2.42 bits per heavy atom. The smallest absolute Gasteiger partial charge is 0.262 e. The second kappa shape index (κ2) is 6.25. The summed E-state index contributed by atoms with van der Waals surface area (Å²) in [6.45, 7) is 5.68. The molecular formula is C21H24N4O. The van der Waals surface area contributed by atoms with E-state index in [1.807, 2.05) is 27.1 Å². The van der Waals surface area contributed by atoms with Crippen molar-refractivity contribution >= 4 is 16.9 Å². The lowest BCUT2D eigenvalue weighted by molar-refractivity contribution is 0.654. The summed E-state index contributed by atoms with van der Waals surface area (Å²) in [5.74, 6) is 0.729. The van der Waals surface area contributed by atoms with Crippen LogP contribution in [0, 0.1) is 6.92 Å². The van der Waals surface area contributed by atoms with Crippen LogP contribution in [0.3, 0.4) is 0 Å². The first-order chi connectivity index (χ1) is 12.5. The highest BCUT2D eigenvalue weighted by Gasteiger charge is 2.24. The third-order valence-electron chi connectivity index (χ3n) is 5.35. The van der Waals surface area contributed by atoms with Crippen molar-refractivity contribution in [2.75, 3.05) is 11.9 Å². The first kappa shape index (κ1) is 16.8. The van der Waals surface area contributed by atoms with E-state index >= 15 is 0 Å². The third-order valence-corrected chi connectivity index (χ3v) is 5.35. The molecule has 4 rings (SSSR count). The number of benzene rings is 2. The van der Waals surface area contributed by atoms with Crippen LogP contribution in [0.5, 0.6) is 0 Å². The SMILES string of the molecule is CNC(C)c1cc(C)cc2c(=O)n(C)c(N3Cc4ccccc4C3)nc12. The molecule has 2 heterocycles. The summed E-state index contributed by atoms with van der Waals surface area (Å²) in [4.78, 5) is 20.2. The minimum Gasteiger partial charge on any atom is -0.333 e. The van der Waals surface area contributed by atoms with Gasteiger partial charge in [-0.25, -0.2) is 4.98 Å². The van der Waals surface area contributed by atoms with Crippen LogP contribution in [-0.2, 0) is 20.1 Å². The van der Waals surface area contributed by atoms with Crippen molar-refractivity contribution < 1.29 is 0 Å². The standard InChI is InChI=1S/C21H24N4O/c1-13-9-17(14(2)22-3)19-18(10-13)20(26)24(4)21(23-19)25-11-15-7-5-6-8-16(15)12-25/h5-10,14,22H,11-12H2,1-4H3. The van der Waals surface area contributed by atoms with Gasteiger partial charge in [0.1, 0.15) is 0 Å². The van der Waals surface area contributed by atoms with E-state index in [0.29, 0.717) is 5.39 Å². The van der Waals surface area contributed by atoms with Gasteiger partial charge >= 0.3 is 0 Å². The van der Waals surface area contributed by atoms with Crippen molar-refractivity contribution in [2.45, 2.75) is 33.0 Å². The summed E-state index contributed by atoms with van der Waals surface area (Å²) in [7, 11) is 3.74. The molecule has 0 fully saturated rings. The molecule has 1 atom stereocenters. The Balaban J connectivity index is 1.91. The van der Waals surface area contributed by atoms with E-state index in [1.165, 1.54) is 11.1 Å². The fourth-order valence-electron chi connectivity index (χ4n) is 3.78. The van der Waals surface area contributed by atoms with Crippen LogP contribution in [0.1, 0.15) is 35.2 Å². The Kier molecular flexibility index (Phi) is 4.04. The summed E-state index contributed by atoms with van der Waals surface area (Å²) >= 11 is 0. The first-order valence-electron chi connectivity index (χ1n) is 9.00. The van der Waals surface area contributed by atoms with E-state index in [4.69, 9.17) is 4.98 Å². The van der Waals surface area contributed by atoms with Crippen molar-refractivity contribution in [3.63, 3.8) is 0 Å². The quantitative estimate of drug-likeness (QED) is 0.790. The largest absolute Gasteiger partial charge is 0.333 e. The van der Waals surface area contributed by atoms with Gasteiger partial charge in [-0.05, 0) is 49.2 Å². The molecule has 0 saturated carbocycles. The zero-order valence-electron chi connectivity index (χ0n) is 15.7. The summed E-state index contributed by atoms with van der Waals surface area (Å²) in [5.41, 5.74) is 5.55. The van der Waals surface area contributed by atoms with Gasteiger partial charge in [0.2, 0.25) is 5.95 Å². The normalized spacial score (nSPS) is 14.7. The van der Waals surface area contributed by atoms with Gasteiger partial charge in [-0.15, -0.1) is 0 Å². The zero-order valence-corrected chi connectivity index (χ0v) is 15.7. The average molecular weight is 348 g/mol. The van der Waals surface area contributed by atoms with Crippen LogP contribution < -0.4 is 15.8 Å². The number of aryl methyl sites for hydroxylation is 1. The Labute approximate surface area is 153 Å². The number of nitrogens with one attached hydrogen (secondary N) is 1. The van der Waals surface area contributed by atoms with Crippen molar-refractivity contribution in [1.82, 2.24) is 14.9 Å². The van der Waals surface area contributed by atoms with Crippen molar-refractivity contribution in [1.29, 1.82) is 0 Å². The van der Waals surface area contributed by atoms with Crippen molar-refractivity contribution in [2.24, 2.45) is 7.05 Å². The summed E-state index contributed by atoms with van der Waals surface area (Å²) < 4.78 is 1.68. The van der Waals surface area contributed by atoms with Gasteiger partial charge < -0.3 is 10.2 Å². The summed E-state index contributed by atoms with van der Waals surface area (Å²) in [5, 5.41) is 3.96. The second-order valence-corrected chi connectivity index (χ2v) is 7.16. The molecule has 0 aliphatic carbocycles. The maximum Gasteiger partial charge on any atom is 0.262 e. The van der Waals surface area contributed by atoms with Gasteiger partial charge in [0, 0.05) is 26.2 Å². The highest BCUT2D eigenvalue weighted by molar-refractivity contribution is 5.83. The van der Waals surface area contributed by atoms with E-state index in [0.717, 1.165) is 35.7 Å². The fraction of sp³-hybridized carbons (Fsp3) is 0.333. The molecule has 5 nitrogen and oxygen atoms in total. The topological polar surface area (TPSA) is 50.2 Å². The van der Waals surface area contributed by atoms with E-state index in [2.05, 4.69) is 47.5 Å². The molecule has 2 aromatic carbocycles. The lowest BCUT2D eigenvalue weighted by Crippen LogP contribution is -2.29. The fourth-order valence-corrected chi connectivity index (χ4v) is 3.78. The Bertz CT molecular complexity index is 1030. The van der Waals surface area contributed by atoms with Crippen LogP contribution >= 0.6 is 0 Å². The number of hydrogen-bond acceptors (Lipinski definition) is 4. The second-order valence-electron chi connectivity index (χ2n) is 7.16. The van der Waals surface area contributed by atoms with E-state index < -0.39 is 0 Å². The number of nitrogens with zero attached hydrogens (tertiary/aromatic N) is 3. The van der Waals surface area contributed by atoms with Crippen LogP contribution in [0.25, 0.3) is 10.9 Å². The van der Waals surface area contributed by atoms with Gasteiger partial charge in [0.25, 0.3) is 5.56 Å². The maximum atomic E-state index is 13.1. The molecule has 1 N–H and O–H groups in total. The molecular weight excluding hydrogens is 324 g/mol. The van der Waals surface area contributed by atoms with Crippen LogP contribution in [0.2, 0.25) is 0 Å². The highest BCUT2D eigenvalue weighted by atomic mass is 16.1. The number of aromatic nitrogens is 2. The lowest BCUT2D eigenvalue weighted by Gasteiger charge is -2.22. The van der Waals surface area contributed by atoms with Gasteiger partial charge in [-0.2, -0.15) is 0 Å². The summed E-state index contributed by atoms with van der Waals surface area (Å²) in [6.07, 6.45) is 0. The molecule has 3 aromatic rings. The Morgan fingerprint density at radius 2 is 1.81 bits per heavy atom. The molecule has 1 unspecified atom stereocenters. The number of anilines is 1. The van der Waals surface area contributed by atoms with Gasteiger partial charge in [-0.1, -0.05) is 30.3 Å². The van der Waals surface area contributed by atoms with Crippen molar-refractivity contribution in [3.05, 3.63) is 69.0 Å². The lowest BCUT2D eigenvalue weighted by atomic mass is 10.0. The molecule has 1 aliphatic heterocycles. The van der Waals surface area contributed by atoms with E-state index in [9.17, 15) is 4.79 Å². The molecule has 0 bridgehead atoms. The van der Waals surface area contributed by atoms with Gasteiger partial charge in [-0.3, -0.25) is 9.36 Å². The molecule has 0 radical (unpaired) electrons. The number of rotatable bonds is 3. The van der Waals surface area contributed by atoms with Crippen LogP contribution in [-0.4, -0.2) is 16.6 Å². The Hall–Kier alpha value is -2.66. The number of fused-ring (bicyclic) bond motifs is 2. The predicted molar refractivity (Wildman–Crippen MR) is 106 cm³/mol. The monoisotopic (exact) mass is 348 g/mol. The number of hydrogen-bond donors (Lipinski definition) is 1. The van der Waals surface area contributed by atoms with Gasteiger partial charge in [0.05, 0.1) is 10.9 Å². The molecule has 1 aromatic heterocycles. The molecule has 0 saturated heterocycles. The summed E-state index contributed by atoms with van der Waals surface area (Å²) in [6, 6.07) is 12.6. The molecule has 0 spiro atoms. The predicted octanol–water partition coefficient (Wildman–Crippen LogP) is 3.04. The minimum absolute atomic E-state index is 0.00853. The third kappa shape index (κ3) is 2.59. The Morgan fingerprint density at radius 1 is 1.15 bits per heavy atom. The van der Waals surface area contributed by atoms with Crippen molar-refractivity contribution in [3.8, 4) is 0 Å². The van der Waals surface area contributed by atoms with E-state index in [1.54, 1.807) is 4.57 Å². The van der Waals surface area contributed by atoms with Crippen LogP contribution in [0.4, 0.5) is 5.95 Å². The zero-order chi connectivity index (χ0) is 18.4. The molecule has 5 heteroatoms. The highest BCUT2D eigenvalue weighted by Crippen LogP contribution is 2.29. The van der Waals surface area contributed by atoms with Crippen LogP contribution in [0.15, 0.2) is 41.2 Å². The first-order valence-corrected chi connectivity index (χ1v) is 9.00.